The van der Waals surface area contributed by atoms with Crippen molar-refractivity contribution in [3.8, 4) is 5.75 Å². The number of amides is 1. The van der Waals surface area contributed by atoms with Crippen LogP contribution in [0.15, 0.2) is 18.2 Å². The highest BCUT2D eigenvalue weighted by Crippen LogP contribution is 2.26. The van der Waals surface area contributed by atoms with Gasteiger partial charge >= 0.3 is 6.09 Å². The summed E-state index contributed by atoms with van der Waals surface area (Å²) in [5.74, 6) is 0.156. The second kappa shape index (κ2) is 5.97. The summed E-state index contributed by atoms with van der Waals surface area (Å²) in [4.78, 5) is 22.1. The lowest BCUT2D eigenvalue weighted by Gasteiger charge is -2.12. The molecule has 0 aliphatic rings. The van der Waals surface area contributed by atoms with Crippen LogP contribution in [0.4, 0.5) is 4.79 Å². The average Bonchev–Trinajstić information content (AvgIpc) is 2.27. The third kappa shape index (κ3) is 3.67. The molecule has 0 fully saturated rings. The van der Waals surface area contributed by atoms with E-state index in [4.69, 9.17) is 15.2 Å². The van der Waals surface area contributed by atoms with Gasteiger partial charge in [0.2, 0.25) is 3.79 Å². The zero-order valence-electron chi connectivity index (χ0n) is 9.40. The molecule has 1 aromatic rings. The van der Waals surface area contributed by atoms with Gasteiger partial charge in [-0.05, 0) is 24.6 Å². The number of nitrogens with two attached hydrogens (primary N) is 1. The van der Waals surface area contributed by atoms with Crippen LogP contribution in [0.2, 0.25) is 0 Å². The molecule has 5 nitrogen and oxygen atoms in total. The van der Waals surface area contributed by atoms with Crippen LogP contribution in [0.5, 0.6) is 5.75 Å². The van der Waals surface area contributed by atoms with E-state index in [2.05, 4.69) is 0 Å². The Kier molecular flexibility index (Phi) is 4.88. The molecule has 1 atom stereocenters. The summed E-state index contributed by atoms with van der Waals surface area (Å²) in [6.45, 7) is 1.85. The normalized spacial score (nSPS) is 11.9. The fourth-order valence-corrected chi connectivity index (χ4v) is 1.71. The second-order valence-electron chi connectivity index (χ2n) is 3.33. The number of carbonyl (C=O) groups is 2. The van der Waals surface area contributed by atoms with Crippen LogP contribution in [0.25, 0.3) is 0 Å². The maximum absolute atomic E-state index is 11.4. The Labute approximate surface area is 112 Å². The predicted molar refractivity (Wildman–Crippen MR) is 70.4 cm³/mol. The summed E-state index contributed by atoms with van der Waals surface area (Å²) in [7, 11) is 1.57. The van der Waals surface area contributed by atoms with Crippen LogP contribution >= 0.6 is 22.6 Å². The lowest BCUT2D eigenvalue weighted by atomic mass is 10.1. The largest absolute Gasteiger partial charge is 0.410 e. The number of benzene rings is 1. The molecule has 1 aromatic carbocycles. The third-order valence-electron chi connectivity index (χ3n) is 2.25. The molecule has 2 N–H and O–H groups in total. The number of ether oxygens (including phenoxy) is 2. The molecule has 0 aliphatic carbocycles. The Hall–Kier alpha value is -1.15. The van der Waals surface area contributed by atoms with Gasteiger partial charge in [0.05, 0.1) is 11.7 Å². The van der Waals surface area contributed by atoms with Crippen molar-refractivity contribution in [1.82, 2.24) is 0 Å². The minimum atomic E-state index is -0.948. The van der Waals surface area contributed by atoms with Gasteiger partial charge in [-0.15, -0.1) is 0 Å². The predicted octanol–water partition coefficient (Wildman–Crippen LogP) is 2.43. The maximum Gasteiger partial charge on any atom is 0.409 e. The van der Waals surface area contributed by atoms with E-state index in [0.29, 0.717) is 5.56 Å². The zero-order chi connectivity index (χ0) is 13.0. The van der Waals surface area contributed by atoms with E-state index in [-0.39, 0.29) is 15.6 Å². The molecule has 0 aliphatic heterocycles. The molecule has 17 heavy (non-hydrogen) atoms. The van der Waals surface area contributed by atoms with Gasteiger partial charge in [0.15, 0.2) is 0 Å². The molecule has 0 heterocycles. The summed E-state index contributed by atoms with van der Waals surface area (Å²) in [5, 5.41) is 0. The topological polar surface area (TPSA) is 78.6 Å². The number of methoxy groups -OCH3 is 1. The summed E-state index contributed by atoms with van der Waals surface area (Å²) in [6, 6.07) is 4.87. The van der Waals surface area contributed by atoms with Crippen LogP contribution in [0.3, 0.4) is 0 Å². The van der Waals surface area contributed by atoms with Crippen molar-refractivity contribution in [3.63, 3.8) is 0 Å². The molecular weight excluding hydrogens is 337 g/mol. The molecule has 0 bridgehead atoms. The van der Waals surface area contributed by atoms with E-state index < -0.39 is 6.09 Å². The van der Waals surface area contributed by atoms with Gasteiger partial charge in [-0.25, -0.2) is 4.79 Å². The van der Waals surface area contributed by atoms with E-state index in [9.17, 15) is 9.59 Å². The van der Waals surface area contributed by atoms with Crippen molar-refractivity contribution in [3.05, 3.63) is 29.3 Å². The highest BCUT2D eigenvalue weighted by Gasteiger charge is 2.15. The van der Waals surface area contributed by atoms with Gasteiger partial charge < -0.3 is 15.2 Å². The monoisotopic (exact) mass is 349 g/mol. The summed E-state index contributed by atoms with van der Waals surface area (Å²) >= 11 is 1.62. The van der Waals surface area contributed by atoms with Crippen molar-refractivity contribution in [1.29, 1.82) is 0 Å². The summed E-state index contributed by atoms with van der Waals surface area (Å²) < 4.78 is 9.66. The third-order valence-corrected chi connectivity index (χ3v) is 2.83. The van der Waals surface area contributed by atoms with Gasteiger partial charge in [-0.3, -0.25) is 4.79 Å². The van der Waals surface area contributed by atoms with Crippen LogP contribution in [-0.4, -0.2) is 17.0 Å². The number of hydrogen-bond acceptors (Lipinski definition) is 4. The Morgan fingerprint density at radius 2 is 2.06 bits per heavy atom. The van der Waals surface area contributed by atoms with E-state index in [1.807, 2.05) is 6.92 Å². The van der Waals surface area contributed by atoms with Crippen molar-refractivity contribution in [2.24, 2.45) is 5.73 Å². The van der Waals surface area contributed by atoms with Gasteiger partial charge in [0.25, 0.3) is 0 Å². The van der Waals surface area contributed by atoms with Crippen LogP contribution in [0, 0.1) is 0 Å². The molecule has 0 spiro atoms. The molecule has 0 radical (unpaired) electrons. The van der Waals surface area contributed by atoms with Crippen molar-refractivity contribution >= 4 is 32.5 Å². The number of hydrogen-bond donors (Lipinski definition) is 1. The standard InChI is InChI=1S/C11H12INO4/c1-6(16-2)7-3-4-9(17-11(13)15)8(5-7)10(12)14/h3-6H,1-2H3,(H2,13,15). The lowest BCUT2D eigenvalue weighted by Crippen LogP contribution is -2.17. The number of primary amides is 1. The molecule has 0 saturated carbocycles. The first kappa shape index (κ1) is 13.9. The fourth-order valence-electron chi connectivity index (χ4n) is 1.29. The Morgan fingerprint density at radius 1 is 1.41 bits per heavy atom. The summed E-state index contributed by atoms with van der Waals surface area (Å²) in [6.07, 6.45) is -1.09. The highest BCUT2D eigenvalue weighted by atomic mass is 127. The first-order valence-electron chi connectivity index (χ1n) is 4.79. The molecule has 1 rings (SSSR count). The lowest BCUT2D eigenvalue weighted by molar-refractivity contribution is 0.110. The molecule has 1 unspecified atom stereocenters. The van der Waals surface area contributed by atoms with Gasteiger partial charge in [0.1, 0.15) is 5.75 Å². The Balaban J connectivity index is 3.17. The van der Waals surface area contributed by atoms with Gasteiger partial charge in [-0.1, -0.05) is 6.07 Å². The highest BCUT2D eigenvalue weighted by molar-refractivity contribution is 14.1. The molecule has 0 saturated heterocycles. The second-order valence-corrected chi connectivity index (χ2v) is 4.31. The smallest absolute Gasteiger partial charge is 0.409 e. The Bertz CT molecular complexity index is 447. The van der Waals surface area contributed by atoms with Gasteiger partial charge in [-0.2, -0.15) is 0 Å². The number of carbonyl (C=O) groups excluding carboxylic acids is 2. The molecular formula is C11H12INO4. The van der Waals surface area contributed by atoms with Crippen LogP contribution in [0.1, 0.15) is 28.9 Å². The quantitative estimate of drug-likeness (QED) is 0.669. The minimum Gasteiger partial charge on any atom is -0.410 e. The maximum atomic E-state index is 11.4. The fraction of sp³-hybridized carbons (Fsp3) is 0.273. The molecule has 92 valence electrons. The van der Waals surface area contributed by atoms with Crippen molar-refractivity contribution in [2.75, 3.05) is 7.11 Å². The van der Waals surface area contributed by atoms with E-state index in [1.165, 1.54) is 6.07 Å². The van der Waals surface area contributed by atoms with Crippen LogP contribution in [-0.2, 0) is 4.74 Å². The van der Waals surface area contributed by atoms with E-state index in [1.54, 1.807) is 41.8 Å². The SMILES string of the molecule is COC(C)c1ccc(OC(N)=O)c(C(=O)I)c1. The van der Waals surface area contributed by atoms with Crippen molar-refractivity contribution in [2.45, 2.75) is 13.0 Å². The number of rotatable bonds is 4. The first-order valence-corrected chi connectivity index (χ1v) is 5.87. The Morgan fingerprint density at radius 3 is 2.53 bits per heavy atom. The van der Waals surface area contributed by atoms with Crippen molar-refractivity contribution < 1.29 is 19.1 Å². The molecule has 0 aromatic heterocycles. The molecule has 1 amide bonds. The molecule has 6 heteroatoms. The first-order chi connectivity index (χ1) is 7.95. The minimum absolute atomic E-state index is 0.146. The van der Waals surface area contributed by atoms with E-state index >= 15 is 0 Å². The number of halogens is 1. The van der Waals surface area contributed by atoms with E-state index in [0.717, 1.165) is 5.56 Å². The average molecular weight is 349 g/mol. The van der Waals surface area contributed by atoms with Gasteiger partial charge in [0, 0.05) is 29.7 Å². The summed E-state index contributed by atoms with van der Waals surface area (Å²) in [5.41, 5.74) is 6.04. The van der Waals surface area contributed by atoms with Crippen LogP contribution < -0.4 is 10.5 Å². The zero-order valence-corrected chi connectivity index (χ0v) is 11.6.